The Morgan fingerprint density at radius 3 is 3.06 bits per heavy atom. The highest BCUT2D eigenvalue weighted by Crippen LogP contribution is 2.23. The number of hydrogen-bond donors (Lipinski definition) is 1. The Kier molecular flexibility index (Phi) is 2.33. The van der Waals surface area contributed by atoms with Gasteiger partial charge in [-0.2, -0.15) is 0 Å². The molecule has 0 radical (unpaired) electrons. The molecular weight excluding hydrogens is 236 g/mol. The van der Waals surface area contributed by atoms with Gasteiger partial charge >= 0.3 is 5.97 Å². The molecule has 1 N–H and O–H groups in total. The first-order valence-electron chi connectivity index (χ1n) is 5.20. The summed E-state index contributed by atoms with van der Waals surface area (Å²) in [6, 6.07) is 4.79. The van der Waals surface area contributed by atoms with Gasteiger partial charge in [0.2, 0.25) is 6.79 Å². The minimum absolute atomic E-state index is 0.111. The molecule has 0 unspecified atom stereocenters. The highest BCUT2D eigenvalue weighted by atomic mass is 16.7. The van der Waals surface area contributed by atoms with Gasteiger partial charge in [0.25, 0.3) is 0 Å². The first-order valence-corrected chi connectivity index (χ1v) is 5.20. The molecule has 6 nitrogen and oxygen atoms in total. The second kappa shape index (κ2) is 3.99. The number of carboxylic acid groups (broad SMARTS) is 1. The second-order valence-corrected chi connectivity index (χ2v) is 3.65. The highest BCUT2D eigenvalue weighted by Gasteiger charge is 2.17. The van der Waals surface area contributed by atoms with E-state index in [9.17, 15) is 9.90 Å². The van der Waals surface area contributed by atoms with Crippen molar-refractivity contribution in [1.82, 2.24) is 9.97 Å². The van der Waals surface area contributed by atoms with Crippen LogP contribution in [0.2, 0.25) is 0 Å². The summed E-state index contributed by atoms with van der Waals surface area (Å²) in [5, 5.41) is 9.70. The Bertz CT molecular complexity index is 666. The average molecular weight is 244 g/mol. The van der Waals surface area contributed by atoms with E-state index >= 15 is 0 Å². The number of nitrogens with zero attached hydrogens (tertiary/aromatic N) is 2. The largest absolute Gasteiger partial charge is 0.478 e. The van der Waals surface area contributed by atoms with E-state index < -0.39 is 5.97 Å². The van der Waals surface area contributed by atoms with Gasteiger partial charge < -0.3 is 14.6 Å². The molecule has 0 amide bonds. The van der Waals surface area contributed by atoms with Gasteiger partial charge in [-0.3, -0.25) is 0 Å². The molecule has 1 aliphatic heterocycles. The lowest BCUT2D eigenvalue weighted by Crippen LogP contribution is -2.02. The lowest BCUT2D eigenvalue weighted by atomic mass is 10.1. The van der Waals surface area contributed by atoms with Crippen LogP contribution in [-0.2, 0) is 9.47 Å². The van der Waals surface area contributed by atoms with Gasteiger partial charge in [-0.15, -0.1) is 0 Å². The van der Waals surface area contributed by atoms with Crippen molar-refractivity contribution in [2.45, 2.75) is 0 Å². The molecule has 90 valence electrons. The summed E-state index contributed by atoms with van der Waals surface area (Å²) in [4.78, 5) is 19.5. The van der Waals surface area contributed by atoms with Crippen molar-refractivity contribution in [1.29, 1.82) is 0 Å². The number of pyridine rings is 2. The lowest BCUT2D eigenvalue weighted by molar-refractivity contribution is 0.0699. The molecule has 2 aromatic rings. The quantitative estimate of drug-likeness (QED) is 0.864. The number of hydrogen-bond acceptors (Lipinski definition) is 5. The molecule has 0 spiro atoms. The summed E-state index contributed by atoms with van der Waals surface area (Å²) in [7, 11) is 0. The van der Waals surface area contributed by atoms with Crippen molar-refractivity contribution in [2.24, 2.45) is 0 Å². The normalized spacial score (nSPS) is 13.9. The minimum Gasteiger partial charge on any atom is -0.478 e. The first-order chi connectivity index (χ1) is 8.75. The molecule has 0 saturated carbocycles. The Balaban J connectivity index is 2.26. The van der Waals surface area contributed by atoms with Crippen LogP contribution in [0.3, 0.4) is 0 Å². The standard InChI is InChI=1S/C12H8N2O4/c15-12(16)8-4-9(10-5-17-6-18-10)14-11-7(8)2-1-3-13-11/h1-5H,6H2,(H,15,16). The zero-order chi connectivity index (χ0) is 12.5. The summed E-state index contributed by atoms with van der Waals surface area (Å²) < 4.78 is 10.1. The zero-order valence-corrected chi connectivity index (χ0v) is 9.16. The fraction of sp³-hybridized carbons (Fsp3) is 0.0833. The van der Waals surface area contributed by atoms with Gasteiger partial charge in [0, 0.05) is 11.6 Å². The summed E-state index contributed by atoms with van der Waals surface area (Å²) >= 11 is 0. The maximum Gasteiger partial charge on any atom is 0.336 e. The smallest absolute Gasteiger partial charge is 0.336 e. The summed E-state index contributed by atoms with van der Waals surface area (Å²) in [5.74, 6) is -0.624. The van der Waals surface area contributed by atoms with E-state index in [4.69, 9.17) is 9.47 Å². The lowest BCUT2D eigenvalue weighted by Gasteiger charge is -2.05. The third-order valence-electron chi connectivity index (χ3n) is 2.54. The highest BCUT2D eigenvalue weighted by molar-refractivity contribution is 6.02. The zero-order valence-electron chi connectivity index (χ0n) is 9.16. The number of aromatic carboxylic acids is 1. The predicted octanol–water partition coefficient (Wildman–Crippen LogP) is 1.63. The van der Waals surface area contributed by atoms with Crippen molar-refractivity contribution >= 4 is 22.8 Å². The molecule has 6 heteroatoms. The molecule has 1 aliphatic rings. The molecule has 0 atom stereocenters. The van der Waals surface area contributed by atoms with Crippen LogP contribution in [0.25, 0.3) is 16.8 Å². The second-order valence-electron chi connectivity index (χ2n) is 3.65. The molecule has 2 aromatic heterocycles. The monoisotopic (exact) mass is 244 g/mol. The average Bonchev–Trinajstić information content (AvgIpc) is 2.91. The Hall–Kier alpha value is -2.63. The summed E-state index contributed by atoms with van der Waals surface area (Å²) in [6.07, 6.45) is 2.97. The van der Waals surface area contributed by atoms with Crippen LogP contribution in [0, 0.1) is 0 Å². The summed E-state index contributed by atoms with van der Waals surface area (Å²) in [5.41, 5.74) is 0.902. The van der Waals surface area contributed by atoms with E-state index in [1.165, 1.54) is 12.3 Å². The molecule has 0 saturated heterocycles. The van der Waals surface area contributed by atoms with Crippen LogP contribution in [0.15, 0.2) is 30.7 Å². The number of rotatable bonds is 2. The number of ether oxygens (including phenoxy) is 2. The van der Waals surface area contributed by atoms with Crippen molar-refractivity contribution in [3.8, 4) is 0 Å². The van der Waals surface area contributed by atoms with Crippen LogP contribution in [0.5, 0.6) is 0 Å². The first kappa shape index (κ1) is 10.5. The maximum absolute atomic E-state index is 11.2. The van der Waals surface area contributed by atoms with Gasteiger partial charge in [0.05, 0.1) is 5.56 Å². The van der Waals surface area contributed by atoms with Crippen LogP contribution in [-0.4, -0.2) is 27.8 Å². The summed E-state index contributed by atoms with van der Waals surface area (Å²) in [6.45, 7) is 0.111. The number of aromatic nitrogens is 2. The van der Waals surface area contributed by atoms with Gasteiger partial charge in [-0.1, -0.05) is 0 Å². The number of carbonyl (C=O) groups is 1. The molecule has 0 aromatic carbocycles. The molecule has 0 aliphatic carbocycles. The van der Waals surface area contributed by atoms with Crippen LogP contribution >= 0.6 is 0 Å². The Labute approximate surface area is 101 Å². The van der Waals surface area contributed by atoms with E-state index in [2.05, 4.69) is 9.97 Å². The fourth-order valence-electron chi connectivity index (χ4n) is 1.74. The van der Waals surface area contributed by atoms with Crippen LogP contribution in [0.1, 0.15) is 16.1 Å². The maximum atomic E-state index is 11.2. The van der Waals surface area contributed by atoms with Crippen molar-refractivity contribution in [3.05, 3.63) is 41.9 Å². The van der Waals surface area contributed by atoms with Crippen LogP contribution < -0.4 is 0 Å². The van der Waals surface area contributed by atoms with E-state index in [0.29, 0.717) is 22.5 Å². The predicted molar refractivity (Wildman–Crippen MR) is 61.5 cm³/mol. The van der Waals surface area contributed by atoms with E-state index in [1.807, 2.05) is 0 Å². The SMILES string of the molecule is O=C(O)c1cc(C2=COCO2)nc2ncccc12. The van der Waals surface area contributed by atoms with Gasteiger partial charge in [-0.05, 0) is 18.2 Å². The molecule has 0 bridgehead atoms. The van der Waals surface area contributed by atoms with Gasteiger partial charge in [-0.25, -0.2) is 14.8 Å². The van der Waals surface area contributed by atoms with E-state index in [0.717, 1.165) is 0 Å². The third kappa shape index (κ3) is 1.64. The molecular formula is C12H8N2O4. The van der Waals surface area contributed by atoms with Crippen molar-refractivity contribution < 1.29 is 19.4 Å². The Morgan fingerprint density at radius 1 is 1.44 bits per heavy atom. The van der Waals surface area contributed by atoms with Crippen LogP contribution in [0.4, 0.5) is 0 Å². The van der Waals surface area contributed by atoms with Gasteiger partial charge in [0.15, 0.2) is 11.4 Å². The number of carboxylic acids is 1. The topological polar surface area (TPSA) is 81.5 Å². The molecule has 3 rings (SSSR count). The fourth-order valence-corrected chi connectivity index (χ4v) is 1.74. The minimum atomic E-state index is -1.03. The van der Waals surface area contributed by atoms with Crippen molar-refractivity contribution in [2.75, 3.05) is 6.79 Å². The van der Waals surface area contributed by atoms with Crippen molar-refractivity contribution in [3.63, 3.8) is 0 Å². The Morgan fingerprint density at radius 2 is 2.33 bits per heavy atom. The number of fused-ring (bicyclic) bond motifs is 1. The molecule has 18 heavy (non-hydrogen) atoms. The molecule has 0 fully saturated rings. The third-order valence-corrected chi connectivity index (χ3v) is 2.54. The molecule has 3 heterocycles. The van der Waals surface area contributed by atoms with E-state index in [-0.39, 0.29) is 12.4 Å². The van der Waals surface area contributed by atoms with E-state index in [1.54, 1.807) is 18.3 Å². The van der Waals surface area contributed by atoms with Gasteiger partial charge in [0.1, 0.15) is 12.0 Å².